The van der Waals surface area contributed by atoms with Gasteiger partial charge in [-0.05, 0) is 54.3 Å². The van der Waals surface area contributed by atoms with Crippen LogP contribution in [0.15, 0.2) is 40.9 Å². The number of ether oxygens (including phenoxy) is 1. The van der Waals surface area contributed by atoms with Crippen molar-refractivity contribution >= 4 is 15.9 Å². The molecule has 0 aliphatic heterocycles. The van der Waals surface area contributed by atoms with E-state index in [2.05, 4.69) is 20.7 Å². The molecule has 21 heavy (non-hydrogen) atoms. The first-order valence-electron chi connectivity index (χ1n) is 6.38. The van der Waals surface area contributed by atoms with Gasteiger partial charge in [0.1, 0.15) is 11.9 Å². The molecule has 0 spiro atoms. The van der Waals surface area contributed by atoms with Crippen LogP contribution in [-0.4, -0.2) is 11.7 Å². The van der Waals surface area contributed by atoms with Gasteiger partial charge in [-0.1, -0.05) is 34.1 Å². The predicted octanol–water partition coefficient (Wildman–Crippen LogP) is 4.75. The molecule has 0 radical (unpaired) electrons. The van der Waals surface area contributed by atoms with Crippen LogP contribution in [0.5, 0.6) is 5.75 Å². The van der Waals surface area contributed by atoms with Gasteiger partial charge in [0.25, 0.3) is 0 Å². The molecule has 2 rings (SSSR count). The summed E-state index contributed by atoms with van der Waals surface area (Å²) in [6.07, 6.45) is -0.808. The van der Waals surface area contributed by atoms with Crippen LogP contribution in [0.4, 0.5) is 8.78 Å². The summed E-state index contributed by atoms with van der Waals surface area (Å²) in [6, 6.07) is 9.87. The second kappa shape index (κ2) is 6.54. The van der Waals surface area contributed by atoms with Gasteiger partial charge in [-0.3, -0.25) is 0 Å². The third kappa shape index (κ3) is 3.80. The fourth-order valence-corrected chi connectivity index (χ4v) is 2.57. The number of halogens is 3. The van der Waals surface area contributed by atoms with E-state index in [9.17, 15) is 13.9 Å². The largest absolute Gasteiger partial charge is 0.435 e. The molecule has 0 amide bonds. The number of aliphatic hydroxyl groups is 1. The van der Waals surface area contributed by atoms with E-state index < -0.39 is 12.7 Å². The van der Waals surface area contributed by atoms with Gasteiger partial charge in [-0.15, -0.1) is 0 Å². The number of alkyl halides is 2. The third-order valence-corrected chi connectivity index (χ3v) is 4.12. The lowest BCUT2D eigenvalue weighted by molar-refractivity contribution is -0.0498. The van der Waals surface area contributed by atoms with Crippen molar-refractivity contribution in [2.75, 3.05) is 0 Å². The van der Waals surface area contributed by atoms with Gasteiger partial charge in [0.15, 0.2) is 0 Å². The van der Waals surface area contributed by atoms with Crippen LogP contribution in [0.1, 0.15) is 28.4 Å². The Bertz CT molecular complexity index is 627. The van der Waals surface area contributed by atoms with Crippen molar-refractivity contribution in [3.63, 3.8) is 0 Å². The first-order chi connectivity index (χ1) is 9.88. The number of hydrogen-bond acceptors (Lipinski definition) is 2. The topological polar surface area (TPSA) is 29.5 Å². The van der Waals surface area contributed by atoms with Crippen molar-refractivity contribution < 1.29 is 18.6 Å². The molecule has 0 saturated heterocycles. The zero-order valence-electron chi connectivity index (χ0n) is 11.6. The molecule has 5 heteroatoms. The van der Waals surface area contributed by atoms with E-state index in [0.717, 1.165) is 21.2 Å². The molecule has 0 fully saturated rings. The SMILES string of the molecule is Cc1cc(C(O)c2ccc(OC(F)F)cc2)c(C)cc1Br. The lowest BCUT2D eigenvalue weighted by Crippen LogP contribution is -2.04. The Balaban J connectivity index is 2.27. The second-order valence-corrected chi connectivity index (χ2v) is 5.66. The van der Waals surface area contributed by atoms with E-state index in [0.29, 0.717) is 5.56 Å². The molecule has 0 aliphatic carbocycles. The molecule has 0 aliphatic rings. The highest BCUT2D eigenvalue weighted by Gasteiger charge is 2.15. The Morgan fingerprint density at radius 1 is 1.05 bits per heavy atom. The molecular formula is C16H15BrF2O2. The van der Waals surface area contributed by atoms with Crippen molar-refractivity contribution in [1.82, 2.24) is 0 Å². The molecule has 0 aromatic heterocycles. The molecule has 2 nitrogen and oxygen atoms in total. The number of hydrogen-bond donors (Lipinski definition) is 1. The number of benzene rings is 2. The van der Waals surface area contributed by atoms with Crippen LogP contribution in [0.25, 0.3) is 0 Å². The van der Waals surface area contributed by atoms with Gasteiger partial charge >= 0.3 is 6.61 Å². The highest BCUT2D eigenvalue weighted by molar-refractivity contribution is 9.10. The van der Waals surface area contributed by atoms with Crippen LogP contribution in [0.3, 0.4) is 0 Å². The van der Waals surface area contributed by atoms with Crippen LogP contribution < -0.4 is 4.74 Å². The summed E-state index contributed by atoms with van der Waals surface area (Å²) >= 11 is 3.45. The highest BCUT2D eigenvalue weighted by atomic mass is 79.9. The molecule has 0 heterocycles. The van der Waals surface area contributed by atoms with Gasteiger partial charge in [-0.25, -0.2) is 0 Å². The van der Waals surface area contributed by atoms with E-state index in [1.807, 2.05) is 26.0 Å². The van der Waals surface area contributed by atoms with E-state index in [4.69, 9.17) is 0 Å². The van der Waals surface area contributed by atoms with Crippen molar-refractivity contribution in [2.45, 2.75) is 26.6 Å². The van der Waals surface area contributed by atoms with Crippen LogP contribution >= 0.6 is 15.9 Å². The van der Waals surface area contributed by atoms with Gasteiger partial charge in [-0.2, -0.15) is 8.78 Å². The fraction of sp³-hybridized carbons (Fsp3) is 0.250. The second-order valence-electron chi connectivity index (χ2n) is 4.81. The molecule has 0 bridgehead atoms. The average molecular weight is 357 g/mol. The van der Waals surface area contributed by atoms with E-state index in [1.54, 1.807) is 12.1 Å². The Hall–Kier alpha value is -1.46. The highest BCUT2D eigenvalue weighted by Crippen LogP contribution is 2.30. The van der Waals surface area contributed by atoms with Crippen LogP contribution in [-0.2, 0) is 0 Å². The molecule has 112 valence electrons. The van der Waals surface area contributed by atoms with Gasteiger partial charge in [0.2, 0.25) is 0 Å². The van der Waals surface area contributed by atoms with E-state index in [1.165, 1.54) is 12.1 Å². The fourth-order valence-electron chi connectivity index (χ4n) is 2.11. The Morgan fingerprint density at radius 3 is 2.24 bits per heavy atom. The maximum absolute atomic E-state index is 12.1. The molecule has 0 saturated carbocycles. The zero-order valence-corrected chi connectivity index (χ0v) is 13.2. The maximum atomic E-state index is 12.1. The van der Waals surface area contributed by atoms with Crippen molar-refractivity contribution in [2.24, 2.45) is 0 Å². The minimum atomic E-state index is -2.85. The first kappa shape index (κ1) is 15.9. The van der Waals surface area contributed by atoms with E-state index >= 15 is 0 Å². The predicted molar refractivity (Wildman–Crippen MR) is 80.8 cm³/mol. The van der Waals surface area contributed by atoms with Crippen LogP contribution in [0.2, 0.25) is 0 Å². The quantitative estimate of drug-likeness (QED) is 0.856. The first-order valence-corrected chi connectivity index (χ1v) is 7.17. The smallest absolute Gasteiger partial charge is 0.387 e. The Morgan fingerprint density at radius 2 is 1.67 bits per heavy atom. The summed E-state index contributed by atoms with van der Waals surface area (Å²) in [6.45, 7) is 1.01. The average Bonchev–Trinajstić information content (AvgIpc) is 2.42. The summed E-state index contributed by atoms with van der Waals surface area (Å²) in [4.78, 5) is 0. The monoisotopic (exact) mass is 356 g/mol. The van der Waals surface area contributed by atoms with Gasteiger partial charge in [0, 0.05) is 4.47 Å². The molecule has 1 atom stereocenters. The molecule has 2 aromatic carbocycles. The van der Waals surface area contributed by atoms with Crippen molar-refractivity contribution in [1.29, 1.82) is 0 Å². The minimum absolute atomic E-state index is 0.0738. The summed E-state index contributed by atoms with van der Waals surface area (Å²) in [5.41, 5.74) is 3.39. The standard InChI is InChI=1S/C16H15BrF2O2/c1-9-8-14(17)10(2)7-13(9)15(20)11-3-5-12(6-4-11)21-16(18)19/h3-8,15-16,20H,1-2H3. The van der Waals surface area contributed by atoms with Gasteiger partial charge < -0.3 is 9.84 Å². The molecule has 2 aromatic rings. The normalized spacial score (nSPS) is 12.5. The van der Waals surface area contributed by atoms with Gasteiger partial charge in [0.05, 0.1) is 0 Å². The Labute approximate surface area is 130 Å². The van der Waals surface area contributed by atoms with Crippen molar-refractivity contribution in [3.8, 4) is 5.75 Å². The summed E-state index contributed by atoms with van der Waals surface area (Å²) in [5.74, 6) is 0.0738. The van der Waals surface area contributed by atoms with E-state index in [-0.39, 0.29) is 5.75 Å². The van der Waals surface area contributed by atoms with Crippen LogP contribution in [0, 0.1) is 13.8 Å². The molecule has 1 N–H and O–H groups in total. The van der Waals surface area contributed by atoms with Crippen molar-refractivity contribution in [3.05, 3.63) is 63.1 Å². The third-order valence-electron chi connectivity index (χ3n) is 3.26. The summed E-state index contributed by atoms with van der Waals surface area (Å²) in [5, 5.41) is 10.5. The minimum Gasteiger partial charge on any atom is -0.435 e. The lowest BCUT2D eigenvalue weighted by atomic mass is 9.96. The summed E-state index contributed by atoms with van der Waals surface area (Å²) < 4.78 is 29.5. The number of aliphatic hydroxyl groups excluding tert-OH is 1. The Kier molecular flexibility index (Phi) is 4.96. The lowest BCUT2D eigenvalue weighted by Gasteiger charge is -2.16. The number of rotatable bonds is 4. The number of aryl methyl sites for hydroxylation is 2. The maximum Gasteiger partial charge on any atom is 0.387 e. The molecule has 1 unspecified atom stereocenters. The summed E-state index contributed by atoms with van der Waals surface area (Å²) in [7, 11) is 0. The zero-order chi connectivity index (χ0) is 15.6. The molecular weight excluding hydrogens is 342 g/mol.